The maximum atomic E-state index is 11.2. The van der Waals surface area contributed by atoms with Crippen molar-refractivity contribution in [2.75, 3.05) is 25.1 Å². The highest BCUT2D eigenvalue weighted by atomic mass is 32.2. The van der Waals surface area contributed by atoms with E-state index in [2.05, 4.69) is 0 Å². The van der Waals surface area contributed by atoms with Crippen LogP contribution in [0.2, 0.25) is 0 Å². The molecule has 1 aliphatic rings. The van der Waals surface area contributed by atoms with Gasteiger partial charge in [-0.3, -0.25) is 0 Å². The van der Waals surface area contributed by atoms with Gasteiger partial charge >= 0.3 is 0 Å². The van der Waals surface area contributed by atoms with Crippen molar-refractivity contribution in [2.45, 2.75) is 12.8 Å². The summed E-state index contributed by atoms with van der Waals surface area (Å²) in [4.78, 5) is 0. The van der Waals surface area contributed by atoms with Crippen LogP contribution in [-0.4, -0.2) is 46.2 Å². The highest BCUT2D eigenvalue weighted by Gasteiger charge is 2.27. The minimum absolute atomic E-state index is 0.140. The van der Waals surface area contributed by atoms with Gasteiger partial charge in [0.25, 0.3) is 0 Å². The molecule has 0 spiro atoms. The molecule has 0 radical (unpaired) electrons. The van der Waals surface area contributed by atoms with E-state index in [0.717, 1.165) is 6.26 Å². The predicted molar refractivity (Wildman–Crippen MR) is 57.1 cm³/mol. The van der Waals surface area contributed by atoms with Crippen LogP contribution < -0.4 is 5.14 Å². The van der Waals surface area contributed by atoms with Gasteiger partial charge in [-0.25, -0.2) is 26.3 Å². The Morgan fingerprint density at radius 3 is 2.40 bits per heavy atom. The van der Waals surface area contributed by atoms with Crippen LogP contribution in [0.3, 0.4) is 0 Å². The number of hydrogen-bond acceptors (Lipinski definition) is 4. The fraction of sp³-hybridized carbons (Fsp3) is 1.00. The van der Waals surface area contributed by atoms with Crippen molar-refractivity contribution in [3.8, 4) is 0 Å². The molecule has 1 saturated heterocycles. The monoisotopic (exact) mass is 256 g/mol. The molecule has 0 aliphatic carbocycles. The van der Waals surface area contributed by atoms with Crippen molar-refractivity contribution in [2.24, 2.45) is 11.1 Å². The molecule has 1 aliphatic heterocycles. The highest BCUT2D eigenvalue weighted by molar-refractivity contribution is 7.89. The van der Waals surface area contributed by atoms with E-state index in [1.54, 1.807) is 0 Å². The van der Waals surface area contributed by atoms with Crippen molar-refractivity contribution in [1.29, 1.82) is 0 Å². The first-order valence-electron chi connectivity index (χ1n) is 4.64. The lowest BCUT2D eigenvalue weighted by Crippen LogP contribution is -2.42. The molecule has 0 amide bonds. The smallest absolute Gasteiger partial charge is 0.211 e. The van der Waals surface area contributed by atoms with Crippen LogP contribution in [0.5, 0.6) is 0 Å². The summed E-state index contributed by atoms with van der Waals surface area (Å²) >= 11 is 0. The van der Waals surface area contributed by atoms with Crippen LogP contribution in [0.25, 0.3) is 0 Å². The lowest BCUT2D eigenvalue weighted by atomic mass is 10.0. The van der Waals surface area contributed by atoms with Crippen LogP contribution >= 0.6 is 0 Å². The van der Waals surface area contributed by atoms with Gasteiger partial charge in [-0.05, 0) is 18.8 Å². The first kappa shape index (κ1) is 12.9. The Kier molecular flexibility index (Phi) is 3.75. The zero-order valence-corrected chi connectivity index (χ0v) is 10.2. The van der Waals surface area contributed by atoms with E-state index in [1.165, 1.54) is 4.31 Å². The second-order valence-electron chi connectivity index (χ2n) is 3.96. The van der Waals surface area contributed by atoms with Crippen LogP contribution in [0.15, 0.2) is 0 Å². The molecule has 8 heteroatoms. The van der Waals surface area contributed by atoms with Gasteiger partial charge in [0.05, 0.1) is 12.0 Å². The van der Waals surface area contributed by atoms with Gasteiger partial charge in [-0.1, -0.05) is 0 Å². The molecule has 1 atom stereocenters. The molecule has 0 aromatic carbocycles. The number of piperidine rings is 1. The first-order chi connectivity index (χ1) is 6.68. The minimum atomic E-state index is -3.51. The number of primary sulfonamides is 1. The maximum Gasteiger partial charge on any atom is 0.211 e. The number of nitrogens with zero attached hydrogens (tertiary/aromatic N) is 1. The van der Waals surface area contributed by atoms with Gasteiger partial charge in [-0.2, -0.15) is 0 Å². The van der Waals surface area contributed by atoms with Crippen LogP contribution in [0, 0.1) is 5.92 Å². The number of nitrogens with two attached hydrogens (primary N) is 1. The molecular weight excluding hydrogens is 240 g/mol. The Hall–Kier alpha value is -0.180. The van der Waals surface area contributed by atoms with Gasteiger partial charge in [0.15, 0.2) is 0 Å². The maximum absolute atomic E-state index is 11.2. The topological polar surface area (TPSA) is 97.5 Å². The number of rotatable bonds is 3. The van der Waals surface area contributed by atoms with Gasteiger partial charge in [0.1, 0.15) is 0 Å². The molecule has 15 heavy (non-hydrogen) atoms. The Morgan fingerprint density at radius 2 is 1.93 bits per heavy atom. The van der Waals surface area contributed by atoms with Gasteiger partial charge in [0.2, 0.25) is 20.0 Å². The summed E-state index contributed by atoms with van der Waals surface area (Å²) < 4.78 is 45.5. The SMILES string of the molecule is CS(=O)(=O)N1CCCC(CS(N)(=O)=O)C1. The Balaban J connectivity index is 2.65. The van der Waals surface area contributed by atoms with Crippen molar-refractivity contribution >= 4 is 20.0 Å². The normalized spacial score (nSPS) is 25.3. The molecule has 2 N–H and O–H groups in total. The van der Waals surface area contributed by atoms with Crippen molar-refractivity contribution in [3.05, 3.63) is 0 Å². The summed E-state index contributed by atoms with van der Waals surface area (Å²) in [6.07, 6.45) is 2.53. The van der Waals surface area contributed by atoms with E-state index in [9.17, 15) is 16.8 Å². The summed E-state index contributed by atoms with van der Waals surface area (Å²) in [5.41, 5.74) is 0. The lowest BCUT2D eigenvalue weighted by Gasteiger charge is -2.30. The summed E-state index contributed by atoms with van der Waals surface area (Å²) in [5.74, 6) is -0.317. The van der Waals surface area contributed by atoms with Crippen LogP contribution in [0.1, 0.15) is 12.8 Å². The first-order valence-corrected chi connectivity index (χ1v) is 8.20. The Labute approximate surface area is 90.5 Å². The molecule has 1 heterocycles. The molecule has 0 aromatic rings. The van der Waals surface area contributed by atoms with Crippen molar-refractivity contribution < 1.29 is 16.8 Å². The Morgan fingerprint density at radius 1 is 1.33 bits per heavy atom. The molecule has 0 bridgehead atoms. The highest BCUT2D eigenvalue weighted by Crippen LogP contribution is 2.19. The number of hydrogen-bond donors (Lipinski definition) is 1. The molecule has 90 valence electrons. The minimum Gasteiger partial charge on any atom is -0.229 e. The zero-order valence-electron chi connectivity index (χ0n) is 8.59. The van der Waals surface area contributed by atoms with Crippen LogP contribution in [-0.2, 0) is 20.0 Å². The van der Waals surface area contributed by atoms with Gasteiger partial charge < -0.3 is 0 Å². The summed E-state index contributed by atoms with van der Waals surface area (Å²) in [5, 5.41) is 4.93. The van der Waals surface area contributed by atoms with Crippen molar-refractivity contribution in [3.63, 3.8) is 0 Å². The third-order valence-electron chi connectivity index (χ3n) is 2.42. The van der Waals surface area contributed by atoms with Gasteiger partial charge in [-0.15, -0.1) is 0 Å². The molecule has 1 rings (SSSR count). The summed E-state index contributed by atoms with van der Waals surface area (Å²) in [6.45, 7) is 0.731. The summed E-state index contributed by atoms with van der Waals surface area (Å²) in [6, 6.07) is 0. The average molecular weight is 256 g/mol. The van der Waals surface area contributed by atoms with E-state index in [1.807, 2.05) is 0 Å². The van der Waals surface area contributed by atoms with Crippen LogP contribution in [0.4, 0.5) is 0 Å². The fourth-order valence-electron chi connectivity index (χ4n) is 1.79. The van der Waals surface area contributed by atoms with Gasteiger partial charge in [0, 0.05) is 13.1 Å². The molecule has 1 unspecified atom stereocenters. The van der Waals surface area contributed by atoms with Crippen molar-refractivity contribution in [1.82, 2.24) is 4.31 Å². The Bertz CT molecular complexity index is 414. The quantitative estimate of drug-likeness (QED) is 0.696. The fourth-order valence-corrected chi connectivity index (χ4v) is 3.66. The van der Waals surface area contributed by atoms with E-state index < -0.39 is 20.0 Å². The third kappa shape index (κ3) is 4.45. The standard InChI is InChI=1S/C7H16N2O4S2/c1-14(10,11)9-4-2-3-7(5-9)6-15(8,12)13/h7H,2-6H2,1H3,(H2,8,12,13). The molecule has 1 fully saturated rings. The molecule has 0 saturated carbocycles. The van der Waals surface area contributed by atoms with E-state index in [-0.39, 0.29) is 18.2 Å². The average Bonchev–Trinajstić information content (AvgIpc) is 1.99. The predicted octanol–water partition coefficient (Wildman–Crippen LogP) is -1.05. The summed E-state index contributed by atoms with van der Waals surface area (Å²) in [7, 11) is -6.73. The molecule has 0 aromatic heterocycles. The second kappa shape index (κ2) is 4.36. The van der Waals surface area contributed by atoms with E-state index >= 15 is 0 Å². The third-order valence-corrected chi connectivity index (χ3v) is 4.62. The second-order valence-corrected chi connectivity index (χ2v) is 7.60. The van der Waals surface area contributed by atoms with E-state index in [4.69, 9.17) is 5.14 Å². The van der Waals surface area contributed by atoms with E-state index in [0.29, 0.717) is 19.4 Å². The zero-order chi connectivity index (χ0) is 11.7. The number of sulfonamides is 2. The molecule has 6 nitrogen and oxygen atoms in total. The lowest BCUT2D eigenvalue weighted by molar-refractivity contribution is 0.284. The molecular formula is C7H16N2O4S2. The largest absolute Gasteiger partial charge is 0.229 e.